The number of urea groups is 1. The van der Waals surface area contributed by atoms with E-state index in [4.69, 9.17) is 0 Å². The number of carbonyl (C=O) groups is 1. The van der Waals surface area contributed by atoms with Crippen molar-refractivity contribution in [2.45, 2.75) is 0 Å². The zero-order valence-electron chi connectivity index (χ0n) is 19.8. The molecule has 0 spiro atoms. The van der Waals surface area contributed by atoms with Gasteiger partial charge in [-0.1, -0.05) is 54.6 Å². The standard InChI is InChI=1S/C27H24N8O/c1-28-23-16-24(30-17-29-23)35(2)27(36)32-20-14-12-19(13-15-20)31-26-22-11-7-6-10-21(22)25(33-34-26)18-8-4-3-5-9-18/h3-17H,1-2H3,(H,31,34)(H,32,36)(H,28,29,30). The van der Waals surface area contributed by atoms with Gasteiger partial charge in [-0.2, -0.15) is 0 Å². The molecule has 2 heterocycles. The van der Waals surface area contributed by atoms with Crippen LogP contribution in [0.4, 0.5) is 33.6 Å². The monoisotopic (exact) mass is 476 g/mol. The van der Waals surface area contributed by atoms with Gasteiger partial charge >= 0.3 is 6.03 Å². The number of nitrogens with zero attached hydrogens (tertiary/aromatic N) is 5. The van der Waals surface area contributed by atoms with E-state index in [1.165, 1.54) is 11.2 Å². The topological polar surface area (TPSA) is 108 Å². The Morgan fingerprint density at radius 3 is 2.25 bits per heavy atom. The third-order valence-electron chi connectivity index (χ3n) is 5.69. The van der Waals surface area contributed by atoms with Gasteiger partial charge in [0.05, 0.1) is 0 Å². The smallest absolute Gasteiger partial charge is 0.327 e. The summed E-state index contributed by atoms with van der Waals surface area (Å²) in [5.41, 5.74) is 3.32. The Morgan fingerprint density at radius 2 is 1.50 bits per heavy atom. The molecule has 36 heavy (non-hydrogen) atoms. The van der Waals surface area contributed by atoms with Crippen LogP contribution in [0.2, 0.25) is 0 Å². The molecule has 0 saturated heterocycles. The van der Waals surface area contributed by atoms with E-state index in [1.54, 1.807) is 20.2 Å². The highest BCUT2D eigenvalue weighted by Crippen LogP contribution is 2.31. The molecule has 9 nitrogen and oxygen atoms in total. The predicted octanol–water partition coefficient (Wildman–Crippen LogP) is 5.54. The van der Waals surface area contributed by atoms with Crippen molar-refractivity contribution >= 4 is 45.6 Å². The fourth-order valence-electron chi connectivity index (χ4n) is 3.76. The minimum Gasteiger partial charge on any atom is -0.373 e. The number of amides is 2. The fraction of sp³-hybridized carbons (Fsp3) is 0.0741. The molecule has 2 aromatic heterocycles. The molecule has 9 heteroatoms. The second-order valence-electron chi connectivity index (χ2n) is 8.01. The average Bonchev–Trinajstić information content (AvgIpc) is 2.94. The third-order valence-corrected chi connectivity index (χ3v) is 5.69. The molecule has 0 fully saturated rings. The molecule has 0 bridgehead atoms. The number of rotatable bonds is 6. The lowest BCUT2D eigenvalue weighted by atomic mass is 10.0. The summed E-state index contributed by atoms with van der Waals surface area (Å²) in [6.45, 7) is 0. The van der Waals surface area contributed by atoms with E-state index in [0.29, 0.717) is 23.1 Å². The number of hydrogen-bond acceptors (Lipinski definition) is 7. The predicted molar refractivity (Wildman–Crippen MR) is 144 cm³/mol. The van der Waals surface area contributed by atoms with E-state index in [0.717, 1.165) is 27.7 Å². The fourth-order valence-corrected chi connectivity index (χ4v) is 3.76. The molecule has 5 aromatic rings. The van der Waals surface area contributed by atoms with Crippen LogP contribution in [0, 0.1) is 0 Å². The van der Waals surface area contributed by atoms with Crippen molar-refractivity contribution in [2.24, 2.45) is 0 Å². The minimum atomic E-state index is -0.315. The van der Waals surface area contributed by atoms with Crippen LogP contribution in [0.3, 0.4) is 0 Å². The summed E-state index contributed by atoms with van der Waals surface area (Å²) < 4.78 is 0. The first kappa shape index (κ1) is 22.7. The van der Waals surface area contributed by atoms with Crippen molar-refractivity contribution in [3.05, 3.63) is 91.3 Å². The van der Waals surface area contributed by atoms with Crippen molar-refractivity contribution in [1.82, 2.24) is 20.2 Å². The quantitative estimate of drug-likeness (QED) is 0.295. The van der Waals surface area contributed by atoms with Crippen LogP contribution in [0.5, 0.6) is 0 Å². The maximum Gasteiger partial charge on any atom is 0.327 e. The van der Waals surface area contributed by atoms with Crippen LogP contribution in [-0.2, 0) is 0 Å². The van der Waals surface area contributed by atoms with Gasteiger partial charge < -0.3 is 16.0 Å². The molecule has 0 radical (unpaired) electrons. The minimum absolute atomic E-state index is 0.315. The van der Waals surface area contributed by atoms with Gasteiger partial charge in [-0.05, 0) is 24.3 Å². The highest BCUT2D eigenvalue weighted by molar-refractivity contribution is 6.02. The molecular weight excluding hydrogens is 452 g/mol. The molecule has 178 valence electrons. The van der Waals surface area contributed by atoms with Crippen LogP contribution in [0.15, 0.2) is 91.3 Å². The van der Waals surface area contributed by atoms with E-state index < -0.39 is 0 Å². The highest BCUT2D eigenvalue weighted by atomic mass is 16.2. The van der Waals surface area contributed by atoms with Crippen LogP contribution >= 0.6 is 0 Å². The van der Waals surface area contributed by atoms with Gasteiger partial charge in [0.15, 0.2) is 5.82 Å². The van der Waals surface area contributed by atoms with Crippen LogP contribution < -0.4 is 20.9 Å². The Hall–Kier alpha value is -5.05. The number of anilines is 5. The molecule has 0 aliphatic heterocycles. The normalized spacial score (nSPS) is 10.6. The zero-order chi connectivity index (χ0) is 24.9. The summed E-state index contributed by atoms with van der Waals surface area (Å²) in [7, 11) is 3.41. The molecule has 3 aromatic carbocycles. The van der Waals surface area contributed by atoms with Crippen LogP contribution in [0.25, 0.3) is 22.0 Å². The van der Waals surface area contributed by atoms with Crippen molar-refractivity contribution in [1.29, 1.82) is 0 Å². The summed E-state index contributed by atoms with van der Waals surface area (Å²) in [5, 5.41) is 20.1. The van der Waals surface area contributed by atoms with E-state index in [-0.39, 0.29) is 6.03 Å². The van der Waals surface area contributed by atoms with Crippen molar-refractivity contribution in [3.8, 4) is 11.3 Å². The van der Waals surface area contributed by atoms with E-state index in [9.17, 15) is 4.79 Å². The molecule has 0 aliphatic rings. The van der Waals surface area contributed by atoms with Gasteiger partial charge in [-0.25, -0.2) is 14.8 Å². The lowest BCUT2D eigenvalue weighted by Gasteiger charge is -2.17. The van der Waals surface area contributed by atoms with Gasteiger partial charge in [0, 0.05) is 47.9 Å². The molecule has 0 unspecified atom stereocenters. The first-order valence-corrected chi connectivity index (χ1v) is 11.3. The number of hydrogen-bond donors (Lipinski definition) is 3. The number of carbonyl (C=O) groups excluding carboxylic acids is 1. The van der Waals surface area contributed by atoms with E-state index in [1.807, 2.05) is 78.9 Å². The molecule has 0 saturated carbocycles. The second kappa shape index (κ2) is 10.1. The number of benzene rings is 3. The number of nitrogens with one attached hydrogen (secondary N) is 3. The summed E-state index contributed by atoms with van der Waals surface area (Å²) in [5.74, 6) is 1.77. The Labute approximate surface area is 208 Å². The summed E-state index contributed by atoms with van der Waals surface area (Å²) in [6.07, 6.45) is 1.41. The molecule has 0 atom stereocenters. The molecule has 0 aliphatic carbocycles. The Kier molecular flexibility index (Phi) is 6.35. The summed E-state index contributed by atoms with van der Waals surface area (Å²) >= 11 is 0. The largest absolute Gasteiger partial charge is 0.373 e. The average molecular weight is 477 g/mol. The molecule has 5 rings (SSSR count). The molecule has 3 N–H and O–H groups in total. The molecule has 2 amide bonds. The second-order valence-corrected chi connectivity index (χ2v) is 8.01. The first-order chi connectivity index (χ1) is 17.6. The lowest BCUT2D eigenvalue weighted by molar-refractivity contribution is 0.258. The maximum absolute atomic E-state index is 12.7. The van der Waals surface area contributed by atoms with Gasteiger partial charge in [0.25, 0.3) is 0 Å². The zero-order valence-corrected chi connectivity index (χ0v) is 19.8. The van der Waals surface area contributed by atoms with Crippen molar-refractivity contribution < 1.29 is 4.79 Å². The van der Waals surface area contributed by atoms with Gasteiger partial charge in [-0.3, -0.25) is 4.90 Å². The lowest BCUT2D eigenvalue weighted by Crippen LogP contribution is -2.31. The summed E-state index contributed by atoms with van der Waals surface area (Å²) in [4.78, 5) is 22.3. The maximum atomic E-state index is 12.7. The van der Waals surface area contributed by atoms with Gasteiger partial charge in [0.1, 0.15) is 23.7 Å². The third kappa shape index (κ3) is 4.76. The van der Waals surface area contributed by atoms with Crippen LogP contribution in [0.1, 0.15) is 0 Å². The highest BCUT2D eigenvalue weighted by Gasteiger charge is 2.14. The van der Waals surface area contributed by atoms with E-state index in [2.05, 4.69) is 36.1 Å². The van der Waals surface area contributed by atoms with E-state index >= 15 is 0 Å². The van der Waals surface area contributed by atoms with Crippen molar-refractivity contribution in [3.63, 3.8) is 0 Å². The van der Waals surface area contributed by atoms with Gasteiger partial charge in [0.2, 0.25) is 0 Å². The Balaban J connectivity index is 1.32. The Bertz CT molecular complexity index is 1510. The Morgan fingerprint density at radius 1 is 0.806 bits per heavy atom. The first-order valence-electron chi connectivity index (χ1n) is 11.3. The number of fused-ring (bicyclic) bond motifs is 1. The number of aromatic nitrogens is 4. The van der Waals surface area contributed by atoms with Crippen molar-refractivity contribution in [2.75, 3.05) is 34.9 Å². The SMILES string of the molecule is CNc1cc(N(C)C(=O)Nc2ccc(Nc3nnc(-c4ccccc4)c4ccccc34)cc2)ncn1. The van der Waals surface area contributed by atoms with Crippen LogP contribution in [-0.4, -0.2) is 40.3 Å². The summed E-state index contributed by atoms with van der Waals surface area (Å²) in [6, 6.07) is 26.8. The van der Waals surface area contributed by atoms with Gasteiger partial charge in [-0.15, -0.1) is 10.2 Å². The molecular formula is C27H24N8O.